The van der Waals surface area contributed by atoms with E-state index in [9.17, 15) is 33.2 Å². The third kappa shape index (κ3) is 2.26. The Morgan fingerprint density at radius 3 is 2.59 bits per heavy atom. The van der Waals surface area contributed by atoms with Gasteiger partial charge in [0.1, 0.15) is 5.57 Å². The Labute approximate surface area is 120 Å². The molecule has 0 saturated heterocycles. The summed E-state index contributed by atoms with van der Waals surface area (Å²) in [6.07, 6.45) is -4.78. The average Bonchev–Trinajstić information content (AvgIpc) is 2.43. The maximum absolute atomic E-state index is 13.1. The third-order valence-corrected chi connectivity index (χ3v) is 2.93. The van der Waals surface area contributed by atoms with Crippen LogP contribution in [0.1, 0.15) is 5.56 Å². The molecule has 1 aliphatic heterocycles. The molecule has 0 saturated carbocycles. The predicted molar refractivity (Wildman–Crippen MR) is 64.7 cm³/mol. The first-order chi connectivity index (χ1) is 10.1. The summed E-state index contributed by atoms with van der Waals surface area (Å²) in [4.78, 5) is 21.4. The van der Waals surface area contributed by atoms with Crippen LogP contribution in [0.5, 0.6) is 5.75 Å². The van der Waals surface area contributed by atoms with Gasteiger partial charge in [-0.15, -0.1) is 0 Å². The number of methoxy groups -OCH3 is 1. The summed E-state index contributed by atoms with van der Waals surface area (Å²) in [5, 5.41) is 20.6. The second kappa shape index (κ2) is 4.98. The van der Waals surface area contributed by atoms with Crippen molar-refractivity contribution < 1.29 is 37.5 Å². The van der Waals surface area contributed by atoms with E-state index in [4.69, 9.17) is 0 Å². The van der Waals surface area contributed by atoms with E-state index in [0.717, 1.165) is 13.2 Å². The summed E-state index contributed by atoms with van der Waals surface area (Å²) >= 11 is 0. The lowest BCUT2D eigenvalue weighted by atomic mass is 9.97. The fourth-order valence-electron chi connectivity index (χ4n) is 1.88. The molecule has 10 heteroatoms. The second-order valence-electron chi connectivity index (χ2n) is 4.25. The molecule has 0 bridgehead atoms. The third-order valence-electron chi connectivity index (χ3n) is 2.93. The number of nitro benzene ring substituents is 1. The Kier molecular flexibility index (Phi) is 3.57. The number of benzene rings is 1. The van der Waals surface area contributed by atoms with Crippen LogP contribution in [0.4, 0.5) is 18.9 Å². The molecule has 0 amide bonds. The number of nitro groups is 1. The van der Waals surface area contributed by atoms with E-state index in [1.54, 1.807) is 0 Å². The van der Waals surface area contributed by atoms with E-state index in [1.165, 1.54) is 12.1 Å². The fourth-order valence-corrected chi connectivity index (χ4v) is 1.88. The maximum atomic E-state index is 13.1. The summed E-state index contributed by atoms with van der Waals surface area (Å²) in [6, 6.07) is 3.30. The largest absolute Gasteiger partial charge is 0.465 e. The molecule has 0 radical (unpaired) electrons. The minimum absolute atomic E-state index is 0.163. The van der Waals surface area contributed by atoms with Crippen LogP contribution >= 0.6 is 0 Å². The van der Waals surface area contributed by atoms with Gasteiger partial charge in [-0.25, -0.2) is 4.79 Å². The van der Waals surface area contributed by atoms with E-state index in [-0.39, 0.29) is 5.56 Å². The maximum Gasteiger partial charge on any atom is 0.460 e. The van der Waals surface area contributed by atoms with Crippen LogP contribution in [-0.4, -0.2) is 35.1 Å². The van der Waals surface area contributed by atoms with Gasteiger partial charge in [-0.2, -0.15) is 13.2 Å². The standard InChI is InChI=1S/C12H8F3NO6/c1-21-10(17)7-5-6-3-2-4-8(16(19)20)9(6)22-11(7,18)12(13,14)15/h2-5,18H,1H3. The van der Waals surface area contributed by atoms with Gasteiger partial charge in [0.05, 0.1) is 12.0 Å². The molecule has 118 valence electrons. The van der Waals surface area contributed by atoms with Crippen molar-refractivity contribution in [1.29, 1.82) is 0 Å². The van der Waals surface area contributed by atoms with E-state index in [1.807, 2.05) is 0 Å². The van der Waals surface area contributed by atoms with E-state index >= 15 is 0 Å². The van der Waals surface area contributed by atoms with Crippen LogP contribution in [0, 0.1) is 10.1 Å². The molecule has 1 N–H and O–H groups in total. The number of halogens is 3. The van der Waals surface area contributed by atoms with Crippen LogP contribution in [-0.2, 0) is 9.53 Å². The van der Waals surface area contributed by atoms with Crippen molar-refractivity contribution >= 4 is 17.7 Å². The molecule has 1 atom stereocenters. The molecule has 1 aromatic carbocycles. The minimum Gasteiger partial charge on any atom is -0.465 e. The fraction of sp³-hybridized carbons (Fsp3) is 0.250. The topological polar surface area (TPSA) is 98.9 Å². The number of aliphatic hydroxyl groups is 1. The van der Waals surface area contributed by atoms with Crippen molar-refractivity contribution in [3.05, 3.63) is 39.4 Å². The van der Waals surface area contributed by atoms with Gasteiger partial charge in [-0.3, -0.25) is 10.1 Å². The molecule has 2 rings (SSSR count). The normalized spacial score (nSPS) is 20.5. The van der Waals surface area contributed by atoms with Gasteiger partial charge in [0, 0.05) is 11.6 Å². The number of rotatable bonds is 2. The monoisotopic (exact) mass is 319 g/mol. The van der Waals surface area contributed by atoms with Crippen LogP contribution < -0.4 is 4.74 Å². The minimum atomic E-state index is -5.42. The van der Waals surface area contributed by atoms with Crippen molar-refractivity contribution in [3.8, 4) is 5.75 Å². The quantitative estimate of drug-likeness (QED) is 0.507. The summed E-state index contributed by atoms with van der Waals surface area (Å²) in [7, 11) is 0.822. The van der Waals surface area contributed by atoms with E-state index in [0.29, 0.717) is 6.08 Å². The zero-order valence-corrected chi connectivity index (χ0v) is 10.9. The lowest BCUT2D eigenvalue weighted by molar-refractivity contribution is -0.388. The zero-order chi connectivity index (χ0) is 16.7. The molecule has 0 aliphatic carbocycles. The molecular weight excluding hydrogens is 311 g/mol. The van der Waals surface area contributed by atoms with Crippen molar-refractivity contribution in [2.75, 3.05) is 7.11 Å². The highest BCUT2D eigenvalue weighted by Crippen LogP contribution is 2.46. The molecule has 1 heterocycles. The number of nitrogens with zero attached hydrogens (tertiary/aromatic N) is 1. The highest BCUT2D eigenvalue weighted by molar-refractivity contribution is 5.97. The van der Waals surface area contributed by atoms with Gasteiger partial charge in [0.2, 0.25) is 5.75 Å². The Morgan fingerprint density at radius 1 is 1.45 bits per heavy atom. The molecule has 0 fully saturated rings. The highest BCUT2D eigenvalue weighted by Gasteiger charge is 2.63. The first-order valence-electron chi connectivity index (χ1n) is 5.68. The number of esters is 1. The molecule has 7 nitrogen and oxygen atoms in total. The SMILES string of the molecule is COC(=O)C1=Cc2cccc([N+](=O)[O-])c2OC1(O)C(F)(F)F. The van der Waals surface area contributed by atoms with Crippen LogP contribution in [0.2, 0.25) is 0 Å². The molecular formula is C12H8F3NO6. The van der Waals surface area contributed by atoms with Gasteiger partial charge in [-0.05, 0) is 6.08 Å². The van der Waals surface area contributed by atoms with Gasteiger partial charge in [-0.1, -0.05) is 12.1 Å². The summed E-state index contributed by atoms with van der Waals surface area (Å²) in [5.41, 5.74) is -2.17. The molecule has 1 aromatic rings. The number of para-hydroxylation sites is 1. The highest BCUT2D eigenvalue weighted by atomic mass is 19.4. The van der Waals surface area contributed by atoms with E-state index in [2.05, 4.69) is 9.47 Å². The van der Waals surface area contributed by atoms with Crippen molar-refractivity contribution in [3.63, 3.8) is 0 Å². The van der Waals surface area contributed by atoms with Crippen LogP contribution in [0.15, 0.2) is 23.8 Å². The number of ether oxygens (including phenoxy) is 2. The van der Waals surface area contributed by atoms with Crippen molar-refractivity contribution in [2.24, 2.45) is 0 Å². The molecule has 22 heavy (non-hydrogen) atoms. The lowest BCUT2D eigenvalue weighted by Gasteiger charge is -2.34. The van der Waals surface area contributed by atoms with Gasteiger partial charge < -0.3 is 14.6 Å². The van der Waals surface area contributed by atoms with Crippen LogP contribution in [0.25, 0.3) is 6.08 Å². The number of carbonyl (C=O) groups is 1. The van der Waals surface area contributed by atoms with Crippen LogP contribution in [0.3, 0.4) is 0 Å². The first kappa shape index (κ1) is 15.8. The Balaban J connectivity index is 2.73. The van der Waals surface area contributed by atoms with Gasteiger partial charge in [0.25, 0.3) is 0 Å². The summed E-state index contributed by atoms with van der Waals surface area (Å²) in [5.74, 6) is -6.31. The number of fused-ring (bicyclic) bond motifs is 1. The second-order valence-corrected chi connectivity index (χ2v) is 4.25. The van der Waals surface area contributed by atoms with Gasteiger partial charge >= 0.3 is 23.6 Å². The van der Waals surface area contributed by atoms with Crippen molar-refractivity contribution in [1.82, 2.24) is 0 Å². The van der Waals surface area contributed by atoms with Gasteiger partial charge in [0.15, 0.2) is 0 Å². The Morgan fingerprint density at radius 2 is 2.09 bits per heavy atom. The lowest BCUT2D eigenvalue weighted by Crippen LogP contribution is -2.55. The Bertz CT molecular complexity index is 684. The smallest absolute Gasteiger partial charge is 0.460 e. The molecule has 0 aromatic heterocycles. The summed E-state index contributed by atoms with van der Waals surface area (Å²) in [6.45, 7) is 0. The number of carbonyl (C=O) groups excluding carboxylic acids is 1. The van der Waals surface area contributed by atoms with E-state index < -0.39 is 39.9 Å². The first-order valence-corrected chi connectivity index (χ1v) is 5.68. The molecule has 1 aliphatic rings. The number of hydrogen-bond donors (Lipinski definition) is 1. The summed E-state index contributed by atoms with van der Waals surface area (Å²) < 4.78 is 47.9. The van der Waals surface area contributed by atoms with Crippen molar-refractivity contribution in [2.45, 2.75) is 12.0 Å². The molecule has 1 unspecified atom stereocenters. The number of alkyl halides is 3. The number of hydrogen-bond acceptors (Lipinski definition) is 6. The molecule has 0 spiro atoms. The Hall–Kier alpha value is -2.62. The average molecular weight is 319 g/mol. The predicted octanol–water partition coefficient (Wildman–Crippen LogP) is 1.79. The zero-order valence-electron chi connectivity index (χ0n) is 10.9.